The van der Waals surface area contributed by atoms with E-state index < -0.39 is 5.82 Å². The number of amides is 1. The number of piperidine rings is 1. The lowest BCUT2D eigenvalue weighted by atomic mass is 9.91. The largest absolute Gasteiger partial charge is 0.491 e. The minimum atomic E-state index is -0.515. The van der Waals surface area contributed by atoms with E-state index >= 15 is 0 Å². The van der Waals surface area contributed by atoms with E-state index in [1.54, 1.807) is 0 Å². The summed E-state index contributed by atoms with van der Waals surface area (Å²) in [6, 6.07) is 9.67. The van der Waals surface area contributed by atoms with Gasteiger partial charge in [-0.05, 0) is 87.4 Å². The predicted molar refractivity (Wildman–Crippen MR) is 143 cm³/mol. The Morgan fingerprint density at radius 1 is 1.22 bits per heavy atom. The highest BCUT2D eigenvalue weighted by molar-refractivity contribution is 6.31. The van der Waals surface area contributed by atoms with Crippen LogP contribution in [0.3, 0.4) is 0 Å². The number of halogens is 2. The second-order valence-corrected chi connectivity index (χ2v) is 11.1. The molecule has 2 aromatic rings. The van der Waals surface area contributed by atoms with Crippen molar-refractivity contribution in [2.45, 2.75) is 76.7 Å². The lowest BCUT2D eigenvalue weighted by molar-refractivity contribution is 0.0000346. The lowest BCUT2D eigenvalue weighted by Gasteiger charge is -2.43. The first kappa shape index (κ1) is 26.4. The molecule has 3 fully saturated rings. The van der Waals surface area contributed by atoms with Crippen molar-refractivity contribution in [1.29, 1.82) is 0 Å². The average Bonchev–Trinajstić information content (AvgIpc) is 3.16. The standard InChI is InChI=1S/C29H37ClFN3O3/c1-17-18(2)28(37-16-24-15-32-10-11-36-24)9-7-25(17)19(3)34-22-5-6-23(34)14-21(13-22)33-29(35)20-4-8-27(31)26(30)12-20/h4,7-9,12,19,21-24,32H,5-6,10-11,13-16H2,1-3H3,(H,33,35). The highest BCUT2D eigenvalue weighted by atomic mass is 35.5. The number of benzene rings is 2. The summed E-state index contributed by atoms with van der Waals surface area (Å²) in [6.45, 7) is 9.63. The van der Waals surface area contributed by atoms with Gasteiger partial charge < -0.3 is 20.1 Å². The number of hydrogen-bond acceptors (Lipinski definition) is 5. The number of hydrogen-bond donors (Lipinski definition) is 2. The number of rotatable bonds is 7. The zero-order chi connectivity index (χ0) is 26.1. The van der Waals surface area contributed by atoms with Crippen LogP contribution >= 0.6 is 11.6 Å². The third-order valence-electron chi connectivity index (χ3n) is 8.41. The maximum absolute atomic E-state index is 13.5. The predicted octanol–water partition coefficient (Wildman–Crippen LogP) is 4.95. The monoisotopic (exact) mass is 529 g/mol. The molecule has 1 amide bonds. The summed E-state index contributed by atoms with van der Waals surface area (Å²) in [6.07, 6.45) is 4.19. The van der Waals surface area contributed by atoms with Crippen molar-refractivity contribution >= 4 is 17.5 Å². The topological polar surface area (TPSA) is 62.8 Å². The van der Waals surface area contributed by atoms with Crippen LogP contribution in [0.25, 0.3) is 0 Å². The number of nitrogens with zero attached hydrogens (tertiary/aromatic N) is 1. The Morgan fingerprint density at radius 2 is 1.97 bits per heavy atom. The van der Waals surface area contributed by atoms with Crippen LogP contribution in [-0.4, -0.2) is 61.3 Å². The number of carbonyl (C=O) groups is 1. The molecule has 0 aromatic heterocycles. The highest BCUT2D eigenvalue weighted by Gasteiger charge is 2.43. The summed E-state index contributed by atoms with van der Waals surface area (Å²) in [5.74, 6) is 0.219. The smallest absolute Gasteiger partial charge is 0.251 e. The van der Waals surface area contributed by atoms with E-state index in [9.17, 15) is 9.18 Å². The van der Waals surface area contributed by atoms with E-state index in [2.05, 4.69) is 48.4 Å². The SMILES string of the molecule is Cc1c(OCC2CNCCO2)ccc(C(C)N2C3CCC2CC(NC(=O)c2ccc(F)c(Cl)c2)C3)c1C. The molecule has 2 aromatic carbocycles. The molecule has 2 N–H and O–H groups in total. The molecule has 3 heterocycles. The molecule has 8 heteroatoms. The molecule has 6 nitrogen and oxygen atoms in total. The number of fused-ring (bicyclic) bond motifs is 2. The third-order valence-corrected chi connectivity index (χ3v) is 8.70. The van der Waals surface area contributed by atoms with Gasteiger partial charge in [0.05, 0.1) is 11.6 Å². The summed E-state index contributed by atoms with van der Waals surface area (Å²) < 4.78 is 25.4. The Hall–Kier alpha value is -2.19. The zero-order valence-electron chi connectivity index (χ0n) is 21.9. The molecule has 3 saturated heterocycles. The molecule has 4 unspecified atom stereocenters. The van der Waals surface area contributed by atoms with Crippen LogP contribution in [0, 0.1) is 19.7 Å². The Kier molecular flexibility index (Phi) is 8.05. The first-order valence-electron chi connectivity index (χ1n) is 13.4. The molecule has 0 aliphatic carbocycles. The second kappa shape index (κ2) is 11.3. The van der Waals surface area contributed by atoms with Gasteiger partial charge in [0, 0.05) is 42.8 Å². The van der Waals surface area contributed by atoms with Gasteiger partial charge in [-0.15, -0.1) is 0 Å². The second-order valence-electron chi connectivity index (χ2n) is 10.7. The molecule has 200 valence electrons. The van der Waals surface area contributed by atoms with Gasteiger partial charge in [0.1, 0.15) is 24.3 Å². The fraction of sp³-hybridized carbons (Fsp3) is 0.552. The molecule has 4 atom stereocenters. The van der Waals surface area contributed by atoms with Crippen LogP contribution in [0.1, 0.15) is 65.7 Å². The van der Waals surface area contributed by atoms with E-state index in [0.29, 0.717) is 24.3 Å². The summed E-state index contributed by atoms with van der Waals surface area (Å²) in [5.41, 5.74) is 4.19. The Morgan fingerprint density at radius 3 is 2.65 bits per heavy atom. The van der Waals surface area contributed by atoms with Gasteiger partial charge in [0.25, 0.3) is 5.91 Å². The first-order chi connectivity index (χ1) is 17.8. The number of ether oxygens (including phenoxy) is 2. The van der Waals surface area contributed by atoms with E-state index in [1.165, 1.54) is 34.9 Å². The van der Waals surface area contributed by atoms with E-state index in [0.717, 1.165) is 51.1 Å². The maximum Gasteiger partial charge on any atom is 0.251 e. The highest BCUT2D eigenvalue weighted by Crippen LogP contribution is 2.43. The van der Waals surface area contributed by atoms with Crippen LogP contribution in [0.4, 0.5) is 4.39 Å². The average molecular weight is 530 g/mol. The van der Waals surface area contributed by atoms with E-state index in [4.69, 9.17) is 21.1 Å². The van der Waals surface area contributed by atoms with Crippen LogP contribution in [-0.2, 0) is 4.74 Å². The Labute approximate surface area is 223 Å². The quantitative estimate of drug-likeness (QED) is 0.531. The Bertz CT molecular complexity index is 1130. The third kappa shape index (κ3) is 5.65. The summed E-state index contributed by atoms with van der Waals surface area (Å²) in [5, 5.41) is 6.49. The van der Waals surface area contributed by atoms with Crippen LogP contribution < -0.4 is 15.4 Å². The number of nitrogens with one attached hydrogen (secondary N) is 2. The van der Waals surface area contributed by atoms with Gasteiger partial charge in [0.2, 0.25) is 0 Å². The summed E-state index contributed by atoms with van der Waals surface area (Å²) in [4.78, 5) is 15.4. The molecule has 0 saturated carbocycles. The van der Waals surface area contributed by atoms with Crippen molar-refractivity contribution in [2.75, 3.05) is 26.3 Å². The Balaban J connectivity index is 1.22. The van der Waals surface area contributed by atoms with E-state index in [-0.39, 0.29) is 29.1 Å². The van der Waals surface area contributed by atoms with Crippen molar-refractivity contribution in [3.05, 3.63) is 63.4 Å². The molecule has 3 aliphatic heterocycles. The van der Waals surface area contributed by atoms with Crippen LogP contribution in [0.5, 0.6) is 5.75 Å². The minimum Gasteiger partial charge on any atom is -0.491 e. The van der Waals surface area contributed by atoms with Gasteiger partial charge in [-0.1, -0.05) is 17.7 Å². The molecule has 5 rings (SSSR count). The van der Waals surface area contributed by atoms with Crippen molar-refractivity contribution < 1.29 is 18.7 Å². The molecular formula is C29H37ClFN3O3. The summed E-state index contributed by atoms with van der Waals surface area (Å²) in [7, 11) is 0. The zero-order valence-corrected chi connectivity index (χ0v) is 22.6. The molecule has 0 radical (unpaired) electrons. The molecule has 2 bridgehead atoms. The fourth-order valence-corrected chi connectivity index (χ4v) is 6.55. The number of carbonyl (C=O) groups excluding carboxylic acids is 1. The lowest BCUT2D eigenvalue weighted by Crippen LogP contribution is -2.51. The van der Waals surface area contributed by atoms with Gasteiger partial charge >= 0.3 is 0 Å². The van der Waals surface area contributed by atoms with Gasteiger partial charge in [-0.25, -0.2) is 4.39 Å². The molecule has 37 heavy (non-hydrogen) atoms. The van der Waals surface area contributed by atoms with Gasteiger partial charge in [0.15, 0.2) is 0 Å². The van der Waals surface area contributed by atoms with Gasteiger partial charge in [-0.2, -0.15) is 0 Å². The number of morpholine rings is 1. The minimum absolute atomic E-state index is 0.0298. The molecule has 0 spiro atoms. The van der Waals surface area contributed by atoms with Crippen molar-refractivity contribution in [2.24, 2.45) is 0 Å². The molecular weight excluding hydrogens is 493 g/mol. The van der Waals surface area contributed by atoms with Crippen molar-refractivity contribution in [1.82, 2.24) is 15.5 Å². The fourth-order valence-electron chi connectivity index (χ4n) is 6.37. The van der Waals surface area contributed by atoms with Crippen molar-refractivity contribution in [3.8, 4) is 5.75 Å². The van der Waals surface area contributed by atoms with Crippen LogP contribution in [0.2, 0.25) is 5.02 Å². The normalized spacial score (nSPS) is 26.6. The maximum atomic E-state index is 13.5. The molecule has 3 aliphatic rings. The summed E-state index contributed by atoms with van der Waals surface area (Å²) >= 11 is 5.88. The first-order valence-corrected chi connectivity index (χ1v) is 13.8. The van der Waals surface area contributed by atoms with E-state index in [1.807, 2.05) is 0 Å². The van der Waals surface area contributed by atoms with Crippen LogP contribution in [0.15, 0.2) is 30.3 Å². The van der Waals surface area contributed by atoms with Gasteiger partial charge in [-0.3, -0.25) is 9.69 Å². The van der Waals surface area contributed by atoms with Crippen molar-refractivity contribution in [3.63, 3.8) is 0 Å².